The number of carbonyl (C=O) groups is 3. The molecule has 0 unspecified atom stereocenters. The van der Waals surface area contributed by atoms with E-state index in [0.717, 1.165) is 11.3 Å². The molecule has 1 aromatic heterocycles. The molecular weight excluding hydrogens is 372 g/mol. The van der Waals surface area contributed by atoms with Gasteiger partial charge >= 0.3 is 5.97 Å². The summed E-state index contributed by atoms with van der Waals surface area (Å²) in [5.74, 6) is -1.23. The van der Waals surface area contributed by atoms with Crippen LogP contribution in [-0.2, 0) is 16.0 Å². The van der Waals surface area contributed by atoms with Crippen LogP contribution in [0.4, 0.5) is 10.7 Å². The van der Waals surface area contributed by atoms with Crippen molar-refractivity contribution in [1.82, 2.24) is 0 Å². The van der Waals surface area contributed by atoms with E-state index >= 15 is 0 Å². The van der Waals surface area contributed by atoms with Crippen molar-refractivity contribution in [3.63, 3.8) is 0 Å². The number of amides is 1. The van der Waals surface area contributed by atoms with Crippen molar-refractivity contribution in [2.75, 3.05) is 11.9 Å². The Kier molecular flexibility index (Phi) is 6.40. The number of carbonyl (C=O) groups excluding carboxylic acids is 3. The van der Waals surface area contributed by atoms with E-state index in [-0.39, 0.29) is 35.1 Å². The molecule has 27 heavy (non-hydrogen) atoms. The first-order valence-electron chi connectivity index (χ1n) is 8.09. The van der Waals surface area contributed by atoms with Crippen molar-refractivity contribution in [2.45, 2.75) is 27.2 Å². The van der Waals surface area contributed by atoms with E-state index in [0.29, 0.717) is 16.0 Å². The smallest absolute Gasteiger partial charge is 0.341 e. The lowest BCUT2D eigenvalue weighted by molar-refractivity contribution is -0.384. The number of nitro benzene ring substituents is 1. The molecule has 0 radical (unpaired) electrons. The fraction of sp³-hybridized carbons (Fsp3) is 0.278. The zero-order valence-corrected chi connectivity index (χ0v) is 15.8. The van der Waals surface area contributed by atoms with Crippen molar-refractivity contribution < 1.29 is 24.0 Å². The highest BCUT2D eigenvalue weighted by Crippen LogP contribution is 2.34. The van der Waals surface area contributed by atoms with Crippen molar-refractivity contribution in [3.8, 4) is 0 Å². The Morgan fingerprint density at radius 1 is 1.22 bits per heavy atom. The van der Waals surface area contributed by atoms with Crippen LogP contribution in [0.15, 0.2) is 24.3 Å². The van der Waals surface area contributed by atoms with Crippen molar-refractivity contribution in [3.05, 3.63) is 55.9 Å². The van der Waals surface area contributed by atoms with E-state index in [1.165, 1.54) is 31.2 Å². The molecule has 1 heterocycles. The number of nitrogens with zero attached hydrogens (tertiary/aromatic N) is 1. The highest BCUT2D eigenvalue weighted by atomic mass is 32.1. The number of nitrogens with one attached hydrogen (secondary N) is 1. The fourth-order valence-corrected chi connectivity index (χ4v) is 3.58. The average molecular weight is 390 g/mol. The van der Waals surface area contributed by atoms with Gasteiger partial charge in [0.25, 0.3) is 5.69 Å². The predicted octanol–water partition coefficient (Wildman–Crippen LogP) is 3.53. The monoisotopic (exact) mass is 390 g/mol. The zero-order valence-electron chi connectivity index (χ0n) is 15.0. The summed E-state index contributed by atoms with van der Waals surface area (Å²) in [5, 5.41) is 13.6. The molecule has 1 aromatic carbocycles. The highest BCUT2D eigenvalue weighted by molar-refractivity contribution is 7.18. The molecule has 0 spiro atoms. The van der Waals surface area contributed by atoms with Gasteiger partial charge in [0.1, 0.15) is 5.00 Å². The fourth-order valence-electron chi connectivity index (χ4n) is 2.48. The maximum Gasteiger partial charge on any atom is 0.341 e. The second kappa shape index (κ2) is 8.54. The summed E-state index contributed by atoms with van der Waals surface area (Å²) in [7, 11) is 0. The molecule has 2 rings (SSSR count). The van der Waals surface area contributed by atoms with E-state index in [2.05, 4.69) is 5.32 Å². The van der Waals surface area contributed by atoms with Crippen LogP contribution in [0.2, 0.25) is 0 Å². The lowest BCUT2D eigenvalue weighted by Crippen LogP contribution is -2.16. The summed E-state index contributed by atoms with van der Waals surface area (Å²) in [6.07, 6.45) is -0.0351. The van der Waals surface area contributed by atoms with Crippen LogP contribution in [0, 0.1) is 17.0 Å². The molecule has 1 N–H and O–H groups in total. The third kappa shape index (κ3) is 4.76. The minimum atomic E-state index is -0.607. The van der Waals surface area contributed by atoms with E-state index < -0.39 is 16.8 Å². The van der Waals surface area contributed by atoms with Crippen molar-refractivity contribution in [1.29, 1.82) is 0 Å². The van der Waals surface area contributed by atoms with Gasteiger partial charge in [-0.15, -0.1) is 11.3 Å². The summed E-state index contributed by atoms with van der Waals surface area (Å²) in [5.41, 5.74) is 1.15. The maximum absolute atomic E-state index is 12.3. The number of hydrogen-bond donors (Lipinski definition) is 1. The summed E-state index contributed by atoms with van der Waals surface area (Å²) in [4.78, 5) is 46.9. The minimum absolute atomic E-state index is 0.0351. The van der Waals surface area contributed by atoms with Gasteiger partial charge in [0.15, 0.2) is 5.78 Å². The number of ketones is 1. The molecule has 0 saturated heterocycles. The number of non-ortho nitro benzene ring substituents is 1. The van der Waals surface area contributed by atoms with Crippen LogP contribution in [-0.4, -0.2) is 29.2 Å². The van der Waals surface area contributed by atoms with Gasteiger partial charge in [0.05, 0.1) is 28.4 Å². The molecule has 9 heteroatoms. The van der Waals surface area contributed by atoms with Crippen LogP contribution in [0.1, 0.15) is 45.0 Å². The number of thiophene rings is 1. The lowest BCUT2D eigenvalue weighted by atomic mass is 10.1. The first-order chi connectivity index (χ1) is 12.7. The molecule has 142 valence electrons. The van der Waals surface area contributed by atoms with Gasteiger partial charge in [-0.1, -0.05) is 12.1 Å². The molecule has 0 aliphatic carbocycles. The molecule has 1 amide bonds. The molecule has 0 atom stereocenters. The molecule has 2 aromatic rings. The normalized spacial score (nSPS) is 10.3. The molecule has 0 fully saturated rings. The number of hydrogen-bond acceptors (Lipinski definition) is 7. The Morgan fingerprint density at radius 2 is 1.85 bits per heavy atom. The number of esters is 1. The summed E-state index contributed by atoms with van der Waals surface area (Å²) >= 11 is 1.02. The summed E-state index contributed by atoms with van der Waals surface area (Å²) in [6, 6.07) is 5.61. The standard InChI is InChI=1S/C18H18N2O6S/c1-4-26-18(23)15-10(2)16(11(3)21)27-17(15)19-14(22)9-12-5-7-13(8-6-12)20(24)25/h5-8H,4,9H2,1-3H3,(H,19,22). The topological polar surface area (TPSA) is 116 Å². The zero-order chi connectivity index (χ0) is 20.1. The van der Waals surface area contributed by atoms with Crippen LogP contribution >= 0.6 is 11.3 Å². The molecule has 8 nitrogen and oxygen atoms in total. The number of ether oxygens (including phenoxy) is 1. The van der Waals surface area contributed by atoms with E-state index in [1.807, 2.05) is 0 Å². The summed E-state index contributed by atoms with van der Waals surface area (Å²) in [6.45, 7) is 4.85. The van der Waals surface area contributed by atoms with Crippen LogP contribution in [0.3, 0.4) is 0 Å². The van der Waals surface area contributed by atoms with Crippen molar-refractivity contribution in [2.24, 2.45) is 0 Å². The predicted molar refractivity (Wildman–Crippen MR) is 100 cm³/mol. The van der Waals surface area contributed by atoms with Gasteiger partial charge in [0, 0.05) is 12.1 Å². The number of Topliss-reactive ketones (excluding diaryl/α,β-unsaturated/α-hetero) is 1. The van der Waals surface area contributed by atoms with Gasteiger partial charge < -0.3 is 10.1 Å². The summed E-state index contributed by atoms with van der Waals surface area (Å²) < 4.78 is 5.02. The average Bonchev–Trinajstić information content (AvgIpc) is 2.91. The number of rotatable bonds is 7. The first-order valence-corrected chi connectivity index (χ1v) is 8.90. The van der Waals surface area contributed by atoms with Crippen LogP contribution in [0.25, 0.3) is 0 Å². The Balaban J connectivity index is 2.23. The molecule has 0 bridgehead atoms. The van der Waals surface area contributed by atoms with Gasteiger partial charge in [-0.25, -0.2) is 4.79 Å². The quantitative estimate of drug-likeness (QED) is 0.335. The van der Waals surface area contributed by atoms with Gasteiger partial charge in [-0.3, -0.25) is 19.7 Å². The molecule has 0 aliphatic rings. The maximum atomic E-state index is 12.3. The molecular formula is C18H18N2O6S. The van der Waals surface area contributed by atoms with E-state index in [9.17, 15) is 24.5 Å². The number of anilines is 1. The van der Waals surface area contributed by atoms with E-state index in [4.69, 9.17) is 4.74 Å². The lowest BCUT2D eigenvalue weighted by Gasteiger charge is -2.07. The van der Waals surface area contributed by atoms with Crippen molar-refractivity contribution >= 4 is 39.7 Å². The SMILES string of the molecule is CCOC(=O)c1c(NC(=O)Cc2ccc([N+](=O)[O-])cc2)sc(C(C)=O)c1C. The third-order valence-corrected chi connectivity index (χ3v) is 5.02. The highest BCUT2D eigenvalue weighted by Gasteiger charge is 2.25. The Morgan fingerprint density at radius 3 is 2.37 bits per heavy atom. The second-order valence-corrected chi connectivity index (χ2v) is 6.71. The van der Waals surface area contributed by atoms with Gasteiger partial charge in [0.2, 0.25) is 5.91 Å². The number of benzene rings is 1. The second-order valence-electron chi connectivity index (χ2n) is 5.69. The van der Waals surface area contributed by atoms with E-state index in [1.54, 1.807) is 13.8 Å². The largest absolute Gasteiger partial charge is 0.462 e. The number of nitro groups is 1. The van der Waals surface area contributed by atoms with Gasteiger partial charge in [-0.05, 0) is 31.9 Å². The Hall–Kier alpha value is -3.07. The van der Waals surface area contributed by atoms with Crippen LogP contribution in [0.5, 0.6) is 0 Å². The van der Waals surface area contributed by atoms with Gasteiger partial charge in [-0.2, -0.15) is 0 Å². The molecule has 0 aliphatic heterocycles. The minimum Gasteiger partial charge on any atom is -0.462 e. The third-order valence-electron chi connectivity index (χ3n) is 3.71. The first kappa shape index (κ1) is 20.2. The van der Waals surface area contributed by atoms with Crippen LogP contribution < -0.4 is 5.32 Å². The molecule has 0 saturated carbocycles. The Bertz CT molecular complexity index is 901. The Labute approximate surface area is 159 Å².